The Morgan fingerprint density at radius 2 is 1.91 bits per heavy atom. The third-order valence-electron chi connectivity index (χ3n) is 3.55. The Labute approximate surface area is 136 Å². The first-order chi connectivity index (χ1) is 11.1. The minimum atomic E-state index is -0.180. The average molecular weight is 336 g/mol. The Bertz CT molecular complexity index is 698. The summed E-state index contributed by atoms with van der Waals surface area (Å²) in [6.07, 6.45) is 2.89. The topological polar surface area (TPSA) is 97.1 Å². The van der Waals surface area contributed by atoms with E-state index in [9.17, 15) is 9.59 Å². The van der Waals surface area contributed by atoms with Crippen molar-refractivity contribution < 1.29 is 9.59 Å². The molecule has 1 aliphatic heterocycles. The molecule has 3 heterocycles. The van der Waals surface area contributed by atoms with Crippen molar-refractivity contribution in [3.05, 3.63) is 35.4 Å². The molecule has 1 saturated heterocycles. The Morgan fingerprint density at radius 1 is 1.17 bits per heavy atom. The molecule has 1 aliphatic rings. The fourth-order valence-electron chi connectivity index (χ4n) is 2.33. The van der Waals surface area contributed by atoms with E-state index in [-0.39, 0.29) is 18.4 Å². The number of halogens is 1. The highest BCUT2D eigenvalue weighted by Crippen LogP contribution is 2.12. The lowest BCUT2D eigenvalue weighted by atomic mass is 10.2. The number of piperazine rings is 1. The maximum absolute atomic E-state index is 12.4. The predicted molar refractivity (Wildman–Crippen MR) is 79.5 cm³/mol. The van der Waals surface area contributed by atoms with Gasteiger partial charge in [-0.1, -0.05) is 11.6 Å². The second-order valence-corrected chi connectivity index (χ2v) is 5.48. The van der Waals surface area contributed by atoms with E-state index < -0.39 is 0 Å². The van der Waals surface area contributed by atoms with Gasteiger partial charge in [-0.3, -0.25) is 14.6 Å². The summed E-state index contributed by atoms with van der Waals surface area (Å²) in [5.74, 6) is -0.259. The lowest BCUT2D eigenvalue weighted by Gasteiger charge is -2.34. The summed E-state index contributed by atoms with van der Waals surface area (Å²) in [6, 6.07) is 3.16. The van der Waals surface area contributed by atoms with E-state index in [1.807, 2.05) is 0 Å². The van der Waals surface area contributed by atoms with Gasteiger partial charge in [0, 0.05) is 37.4 Å². The molecule has 120 valence electrons. The smallest absolute Gasteiger partial charge is 0.272 e. The minimum Gasteiger partial charge on any atom is -0.338 e. The number of amides is 2. The van der Waals surface area contributed by atoms with E-state index in [1.165, 1.54) is 17.2 Å². The van der Waals surface area contributed by atoms with Crippen LogP contribution in [0.5, 0.6) is 0 Å². The molecule has 0 radical (unpaired) electrons. The van der Waals surface area contributed by atoms with E-state index in [0.717, 1.165) is 0 Å². The van der Waals surface area contributed by atoms with Gasteiger partial charge in [0.15, 0.2) is 0 Å². The molecule has 23 heavy (non-hydrogen) atoms. The van der Waals surface area contributed by atoms with Crippen molar-refractivity contribution in [2.45, 2.75) is 6.54 Å². The normalized spacial score (nSPS) is 14.8. The molecule has 0 N–H and O–H groups in total. The Kier molecular flexibility index (Phi) is 4.47. The standard InChI is InChI=1S/C13H14ClN7O2/c14-10-1-2-15-11(7-10)13(23)20-5-3-19(4-6-20)12(22)8-21-9-16-17-18-21/h1-2,7,9H,3-6,8H2. The predicted octanol–water partition coefficient (Wildman–Crippen LogP) is -0.294. The molecule has 2 aromatic rings. The molecule has 0 saturated carbocycles. The third kappa shape index (κ3) is 3.62. The van der Waals surface area contributed by atoms with Crippen LogP contribution in [0.25, 0.3) is 0 Å². The maximum Gasteiger partial charge on any atom is 0.272 e. The molecule has 2 aromatic heterocycles. The van der Waals surface area contributed by atoms with E-state index in [2.05, 4.69) is 20.5 Å². The fourth-order valence-corrected chi connectivity index (χ4v) is 2.49. The van der Waals surface area contributed by atoms with Crippen LogP contribution in [0.2, 0.25) is 5.02 Å². The summed E-state index contributed by atoms with van der Waals surface area (Å²) < 4.78 is 1.37. The summed E-state index contributed by atoms with van der Waals surface area (Å²) in [5.41, 5.74) is 0.311. The first-order valence-corrected chi connectivity index (χ1v) is 7.40. The largest absolute Gasteiger partial charge is 0.338 e. The summed E-state index contributed by atoms with van der Waals surface area (Å²) in [4.78, 5) is 31.9. The highest BCUT2D eigenvalue weighted by molar-refractivity contribution is 6.30. The number of aromatic nitrogens is 5. The molecule has 9 nitrogen and oxygen atoms in total. The third-order valence-corrected chi connectivity index (χ3v) is 3.78. The molecule has 0 aliphatic carbocycles. The fraction of sp³-hybridized carbons (Fsp3) is 0.385. The molecular formula is C13H14ClN7O2. The van der Waals surface area contributed by atoms with Crippen LogP contribution < -0.4 is 0 Å². The molecule has 0 atom stereocenters. The van der Waals surface area contributed by atoms with Gasteiger partial charge in [0.05, 0.1) is 0 Å². The van der Waals surface area contributed by atoms with Crippen LogP contribution in [0.15, 0.2) is 24.7 Å². The monoisotopic (exact) mass is 335 g/mol. The number of rotatable bonds is 3. The van der Waals surface area contributed by atoms with Crippen molar-refractivity contribution in [3.63, 3.8) is 0 Å². The first kappa shape index (κ1) is 15.3. The lowest BCUT2D eigenvalue weighted by Crippen LogP contribution is -2.51. The summed E-state index contributed by atoms with van der Waals surface area (Å²) >= 11 is 5.88. The van der Waals surface area contributed by atoms with Gasteiger partial charge in [-0.25, -0.2) is 4.68 Å². The molecule has 1 fully saturated rings. The van der Waals surface area contributed by atoms with Crippen LogP contribution in [-0.2, 0) is 11.3 Å². The maximum atomic E-state index is 12.4. The molecule has 0 bridgehead atoms. The number of nitrogens with zero attached hydrogens (tertiary/aromatic N) is 7. The van der Waals surface area contributed by atoms with Crippen LogP contribution >= 0.6 is 11.6 Å². The average Bonchev–Trinajstić information content (AvgIpc) is 3.07. The van der Waals surface area contributed by atoms with Crippen molar-refractivity contribution in [1.29, 1.82) is 0 Å². The second kappa shape index (κ2) is 6.69. The minimum absolute atomic E-state index is 0.0784. The van der Waals surface area contributed by atoms with Crippen molar-refractivity contribution in [2.75, 3.05) is 26.2 Å². The Balaban J connectivity index is 1.55. The van der Waals surface area contributed by atoms with Gasteiger partial charge in [0.1, 0.15) is 18.6 Å². The van der Waals surface area contributed by atoms with E-state index in [4.69, 9.17) is 11.6 Å². The first-order valence-electron chi connectivity index (χ1n) is 7.03. The van der Waals surface area contributed by atoms with E-state index in [0.29, 0.717) is 36.9 Å². The molecule has 10 heteroatoms. The molecule has 0 unspecified atom stereocenters. The van der Waals surface area contributed by atoms with Gasteiger partial charge >= 0.3 is 0 Å². The van der Waals surface area contributed by atoms with E-state index in [1.54, 1.807) is 21.9 Å². The second-order valence-electron chi connectivity index (χ2n) is 5.04. The van der Waals surface area contributed by atoms with Gasteiger partial charge in [-0.2, -0.15) is 0 Å². The van der Waals surface area contributed by atoms with Gasteiger partial charge < -0.3 is 9.80 Å². The summed E-state index contributed by atoms with van der Waals surface area (Å²) in [7, 11) is 0. The van der Waals surface area contributed by atoms with Crippen LogP contribution in [0, 0.1) is 0 Å². The zero-order chi connectivity index (χ0) is 16.2. The molecule has 2 amide bonds. The highest BCUT2D eigenvalue weighted by Gasteiger charge is 2.25. The summed E-state index contributed by atoms with van der Waals surface area (Å²) in [5, 5.41) is 11.1. The van der Waals surface area contributed by atoms with Crippen molar-refractivity contribution in [2.24, 2.45) is 0 Å². The number of carbonyl (C=O) groups is 2. The van der Waals surface area contributed by atoms with Gasteiger partial charge in [0.25, 0.3) is 5.91 Å². The SMILES string of the molecule is O=C(Cn1cnnn1)N1CCN(C(=O)c2cc(Cl)ccn2)CC1. The van der Waals surface area contributed by atoms with E-state index >= 15 is 0 Å². The number of hydrogen-bond donors (Lipinski definition) is 0. The van der Waals surface area contributed by atoms with Crippen LogP contribution in [-0.4, -0.2) is 73.0 Å². The number of carbonyl (C=O) groups excluding carboxylic acids is 2. The van der Waals surface area contributed by atoms with Gasteiger partial charge in [-0.15, -0.1) is 5.10 Å². The molecular weight excluding hydrogens is 322 g/mol. The molecule has 3 rings (SSSR count). The number of hydrogen-bond acceptors (Lipinski definition) is 6. The van der Waals surface area contributed by atoms with Gasteiger partial charge in [-0.05, 0) is 22.6 Å². The Hall–Kier alpha value is -2.55. The van der Waals surface area contributed by atoms with Crippen LogP contribution in [0.1, 0.15) is 10.5 Å². The van der Waals surface area contributed by atoms with Crippen molar-refractivity contribution in [3.8, 4) is 0 Å². The van der Waals surface area contributed by atoms with Crippen LogP contribution in [0.4, 0.5) is 0 Å². The molecule has 0 aromatic carbocycles. The quantitative estimate of drug-likeness (QED) is 0.764. The lowest BCUT2D eigenvalue weighted by molar-refractivity contribution is -0.133. The summed E-state index contributed by atoms with van der Waals surface area (Å²) in [6.45, 7) is 1.93. The zero-order valence-corrected chi connectivity index (χ0v) is 12.9. The highest BCUT2D eigenvalue weighted by atomic mass is 35.5. The number of pyridine rings is 1. The van der Waals surface area contributed by atoms with Crippen molar-refractivity contribution >= 4 is 23.4 Å². The zero-order valence-electron chi connectivity index (χ0n) is 12.2. The van der Waals surface area contributed by atoms with Crippen molar-refractivity contribution in [1.82, 2.24) is 35.0 Å². The van der Waals surface area contributed by atoms with Gasteiger partial charge in [0.2, 0.25) is 5.91 Å². The Morgan fingerprint density at radius 3 is 2.57 bits per heavy atom. The van der Waals surface area contributed by atoms with Crippen LogP contribution in [0.3, 0.4) is 0 Å². The molecule has 0 spiro atoms. The number of tetrazole rings is 1.